The van der Waals surface area contributed by atoms with Crippen molar-refractivity contribution in [2.45, 2.75) is 19.1 Å². The van der Waals surface area contributed by atoms with Crippen molar-refractivity contribution in [3.05, 3.63) is 23.9 Å². The second-order valence-electron chi connectivity index (χ2n) is 3.09. The summed E-state index contributed by atoms with van der Waals surface area (Å²) in [5.41, 5.74) is 0.221. The van der Waals surface area contributed by atoms with Gasteiger partial charge in [0.2, 0.25) is 5.88 Å². The van der Waals surface area contributed by atoms with Gasteiger partial charge in [-0.15, -0.1) is 0 Å². The van der Waals surface area contributed by atoms with Gasteiger partial charge in [0.25, 0.3) is 0 Å². The van der Waals surface area contributed by atoms with Gasteiger partial charge in [0.1, 0.15) is 6.10 Å². The third kappa shape index (κ3) is 2.91. The van der Waals surface area contributed by atoms with Gasteiger partial charge in [-0.25, -0.2) is 9.78 Å². The van der Waals surface area contributed by atoms with E-state index in [1.807, 2.05) is 0 Å². The molecule has 0 bridgehead atoms. The van der Waals surface area contributed by atoms with Crippen molar-refractivity contribution in [2.75, 3.05) is 6.61 Å². The van der Waals surface area contributed by atoms with Crippen LogP contribution in [0.3, 0.4) is 0 Å². The number of pyridine rings is 1. The number of aliphatic hydroxyl groups excluding tert-OH is 2. The zero-order valence-electron chi connectivity index (χ0n) is 8.70. The van der Waals surface area contributed by atoms with Crippen LogP contribution < -0.4 is 4.74 Å². The van der Waals surface area contributed by atoms with Crippen LogP contribution in [0.25, 0.3) is 0 Å². The largest absolute Gasteiger partial charge is 0.479 e. The van der Waals surface area contributed by atoms with Crippen LogP contribution >= 0.6 is 0 Å². The molecular formula is C10H13NO5. The van der Waals surface area contributed by atoms with Crippen molar-refractivity contribution < 1.29 is 24.9 Å². The molecule has 1 rings (SSSR count). The smallest absolute Gasteiger partial charge is 0.335 e. The van der Waals surface area contributed by atoms with Crippen LogP contribution in [0.2, 0.25) is 0 Å². The first-order chi connectivity index (χ1) is 7.56. The van der Waals surface area contributed by atoms with Gasteiger partial charge < -0.3 is 20.1 Å². The standard InChI is InChI=1S/C10H13NO5/c1-2-16-7-4-3-6(5-11-7)8(12)9(13)10(14)15/h3-5,8-9,12-13H,2H2,1H3,(H,14,15). The second kappa shape index (κ2) is 5.43. The van der Waals surface area contributed by atoms with Gasteiger partial charge in [0.15, 0.2) is 6.10 Å². The Bertz CT molecular complexity index is 351. The van der Waals surface area contributed by atoms with Crippen molar-refractivity contribution in [3.63, 3.8) is 0 Å². The minimum atomic E-state index is -1.86. The molecule has 1 heterocycles. The molecule has 6 heteroatoms. The molecule has 3 N–H and O–H groups in total. The summed E-state index contributed by atoms with van der Waals surface area (Å²) in [6.07, 6.45) is -2.10. The van der Waals surface area contributed by atoms with E-state index in [1.165, 1.54) is 18.3 Å². The van der Waals surface area contributed by atoms with Crippen molar-refractivity contribution in [1.29, 1.82) is 0 Å². The molecule has 1 aromatic heterocycles. The van der Waals surface area contributed by atoms with Crippen LogP contribution in [0, 0.1) is 0 Å². The first kappa shape index (κ1) is 12.4. The molecule has 6 nitrogen and oxygen atoms in total. The number of aromatic nitrogens is 1. The van der Waals surface area contributed by atoms with E-state index in [0.29, 0.717) is 12.5 Å². The van der Waals surface area contributed by atoms with Crippen LogP contribution in [0.4, 0.5) is 0 Å². The molecule has 0 saturated carbocycles. The molecule has 0 radical (unpaired) electrons. The molecule has 0 aliphatic heterocycles. The monoisotopic (exact) mass is 227 g/mol. The number of nitrogens with zero attached hydrogens (tertiary/aromatic N) is 1. The molecular weight excluding hydrogens is 214 g/mol. The number of ether oxygens (including phenoxy) is 1. The fraction of sp³-hybridized carbons (Fsp3) is 0.400. The quantitative estimate of drug-likeness (QED) is 0.652. The number of aliphatic carboxylic acids is 1. The maximum atomic E-state index is 10.4. The maximum absolute atomic E-state index is 10.4. The number of carboxylic acid groups (broad SMARTS) is 1. The number of carboxylic acids is 1. The minimum Gasteiger partial charge on any atom is -0.479 e. The third-order valence-corrected chi connectivity index (χ3v) is 1.95. The Balaban J connectivity index is 2.77. The SMILES string of the molecule is CCOc1ccc(C(O)C(O)C(=O)O)cn1. The molecule has 2 atom stereocenters. The number of carbonyl (C=O) groups is 1. The van der Waals surface area contributed by atoms with Gasteiger partial charge in [-0.3, -0.25) is 0 Å². The van der Waals surface area contributed by atoms with Crippen LogP contribution in [0.5, 0.6) is 5.88 Å². The summed E-state index contributed by atoms with van der Waals surface area (Å²) in [6, 6.07) is 2.95. The van der Waals surface area contributed by atoms with Gasteiger partial charge in [0, 0.05) is 17.8 Å². The summed E-state index contributed by atoms with van der Waals surface area (Å²) in [4.78, 5) is 14.3. The summed E-state index contributed by atoms with van der Waals surface area (Å²) in [7, 11) is 0. The van der Waals surface area contributed by atoms with E-state index < -0.39 is 18.2 Å². The predicted molar refractivity (Wildman–Crippen MR) is 54.0 cm³/mol. The summed E-state index contributed by atoms with van der Waals surface area (Å²) >= 11 is 0. The highest BCUT2D eigenvalue weighted by molar-refractivity contribution is 5.73. The van der Waals surface area contributed by atoms with E-state index in [4.69, 9.17) is 14.9 Å². The Morgan fingerprint density at radius 2 is 2.19 bits per heavy atom. The normalized spacial score (nSPS) is 14.2. The Labute approximate surface area is 92.1 Å². The Hall–Kier alpha value is -1.66. The molecule has 0 fully saturated rings. The highest BCUT2D eigenvalue weighted by Gasteiger charge is 2.25. The van der Waals surface area contributed by atoms with E-state index >= 15 is 0 Å². The summed E-state index contributed by atoms with van der Waals surface area (Å²) < 4.78 is 5.08. The molecule has 1 aromatic rings. The second-order valence-corrected chi connectivity index (χ2v) is 3.09. The fourth-order valence-corrected chi connectivity index (χ4v) is 1.12. The summed E-state index contributed by atoms with van der Waals surface area (Å²) in [5.74, 6) is -1.11. The number of hydrogen-bond donors (Lipinski definition) is 3. The molecule has 0 aromatic carbocycles. The highest BCUT2D eigenvalue weighted by Crippen LogP contribution is 2.18. The highest BCUT2D eigenvalue weighted by atomic mass is 16.5. The first-order valence-corrected chi connectivity index (χ1v) is 4.74. The van der Waals surface area contributed by atoms with Crippen LogP contribution in [-0.2, 0) is 4.79 Å². The Morgan fingerprint density at radius 3 is 2.62 bits per heavy atom. The average molecular weight is 227 g/mol. The van der Waals surface area contributed by atoms with Crippen LogP contribution in [0.1, 0.15) is 18.6 Å². The average Bonchev–Trinajstić information content (AvgIpc) is 2.28. The lowest BCUT2D eigenvalue weighted by molar-refractivity contribution is -0.153. The zero-order valence-corrected chi connectivity index (χ0v) is 8.70. The molecule has 2 unspecified atom stereocenters. The van der Waals surface area contributed by atoms with Gasteiger partial charge in [-0.2, -0.15) is 0 Å². The van der Waals surface area contributed by atoms with E-state index in [1.54, 1.807) is 6.92 Å². The lowest BCUT2D eigenvalue weighted by atomic mass is 10.1. The van der Waals surface area contributed by atoms with Crippen molar-refractivity contribution >= 4 is 5.97 Å². The van der Waals surface area contributed by atoms with Crippen molar-refractivity contribution in [1.82, 2.24) is 4.98 Å². The topological polar surface area (TPSA) is 99.9 Å². The van der Waals surface area contributed by atoms with E-state index in [9.17, 15) is 9.90 Å². The van der Waals surface area contributed by atoms with Gasteiger partial charge in [-0.05, 0) is 13.0 Å². The summed E-state index contributed by atoms with van der Waals surface area (Å²) in [5, 5.41) is 27.1. The molecule has 0 spiro atoms. The van der Waals surface area contributed by atoms with Gasteiger partial charge >= 0.3 is 5.97 Å². The Kier molecular flexibility index (Phi) is 4.21. The lowest BCUT2D eigenvalue weighted by Crippen LogP contribution is -2.27. The first-order valence-electron chi connectivity index (χ1n) is 4.74. The van der Waals surface area contributed by atoms with Crippen LogP contribution in [-0.4, -0.2) is 39.0 Å². The van der Waals surface area contributed by atoms with Crippen LogP contribution in [0.15, 0.2) is 18.3 Å². The van der Waals surface area contributed by atoms with Gasteiger partial charge in [0.05, 0.1) is 6.61 Å². The summed E-state index contributed by atoms with van der Waals surface area (Å²) in [6.45, 7) is 2.27. The molecule has 88 valence electrons. The predicted octanol–water partition coefficient (Wildman–Crippen LogP) is -0.0408. The van der Waals surface area contributed by atoms with Gasteiger partial charge in [-0.1, -0.05) is 0 Å². The molecule has 0 aliphatic carbocycles. The fourth-order valence-electron chi connectivity index (χ4n) is 1.12. The Morgan fingerprint density at radius 1 is 1.50 bits per heavy atom. The molecule has 0 amide bonds. The van der Waals surface area contributed by atoms with Crippen molar-refractivity contribution in [3.8, 4) is 5.88 Å². The minimum absolute atomic E-state index is 0.221. The lowest BCUT2D eigenvalue weighted by Gasteiger charge is -2.14. The number of hydrogen-bond acceptors (Lipinski definition) is 5. The molecule has 0 saturated heterocycles. The number of aliphatic hydroxyl groups is 2. The van der Waals surface area contributed by atoms with E-state index in [0.717, 1.165) is 0 Å². The molecule has 16 heavy (non-hydrogen) atoms. The number of rotatable bonds is 5. The van der Waals surface area contributed by atoms with E-state index in [-0.39, 0.29) is 5.56 Å². The maximum Gasteiger partial charge on any atom is 0.335 e. The van der Waals surface area contributed by atoms with E-state index in [2.05, 4.69) is 4.98 Å². The zero-order chi connectivity index (χ0) is 12.1. The molecule has 0 aliphatic rings. The van der Waals surface area contributed by atoms with Crippen molar-refractivity contribution in [2.24, 2.45) is 0 Å². The third-order valence-electron chi connectivity index (χ3n) is 1.95.